The van der Waals surface area contributed by atoms with Crippen LogP contribution < -0.4 is 4.57 Å². The molecule has 3 heteroatoms. The van der Waals surface area contributed by atoms with Gasteiger partial charge in [0.05, 0.1) is 0 Å². The van der Waals surface area contributed by atoms with E-state index in [1.54, 1.807) is 0 Å². The van der Waals surface area contributed by atoms with Crippen LogP contribution in [0.3, 0.4) is 0 Å². The third kappa shape index (κ3) is 1.25. The molecule has 0 aromatic heterocycles. The molecule has 66 valence electrons. The van der Waals surface area contributed by atoms with Crippen LogP contribution in [0.5, 0.6) is 0 Å². The van der Waals surface area contributed by atoms with Crippen LogP contribution in [-0.2, 0) is 14.1 Å². The summed E-state index contributed by atoms with van der Waals surface area (Å²) in [5.74, 6) is 0. The second-order valence-corrected chi connectivity index (χ2v) is 3.85. The molecule has 0 radical (unpaired) electrons. The van der Waals surface area contributed by atoms with Crippen LogP contribution in [0.2, 0.25) is 0 Å². The van der Waals surface area contributed by atoms with Gasteiger partial charge in [-0.2, -0.15) is 0 Å². The van der Waals surface area contributed by atoms with E-state index in [2.05, 4.69) is 63.1 Å². The van der Waals surface area contributed by atoms with Crippen molar-refractivity contribution in [2.24, 2.45) is 14.1 Å². The minimum absolute atomic E-state index is 1.14. The van der Waals surface area contributed by atoms with Crippen LogP contribution in [0, 0.1) is 4.32 Å². The summed E-state index contributed by atoms with van der Waals surface area (Å²) in [4.78, 5) is 0. The van der Waals surface area contributed by atoms with E-state index in [9.17, 15) is 0 Å². The fourth-order valence-electron chi connectivity index (χ4n) is 1.53. The van der Waals surface area contributed by atoms with Crippen LogP contribution in [0.25, 0.3) is 11.4 Å². The molecule has 0 N–H and O–H groups in total. The third-order valence-corrected chi connectivity index (χ3v) is 3.44. The number of nitrogens with zero attached hydrogens (tertiary/aromatic N) is 2. The molecule has 2 aliphatic rings. The molecular formula is C10H11N2Se+. The van der Waals surface area contributed by atoms with Crippen molar-refractivity contribution >= 4 is 15.6 Å². The second-order valence-electron chi connectivity index (χ2n) is 3.08. The number of hydrogen-bond donors (Lipinski definition) is 0. The van der Waals surface area contributed by atoms with E-state index in [-0.39, 0.29) is 0 Å². The molecule has 0 fully saturated rings. The van der Waals surface area contributed by atoms with Crippen molar-refractivity contribution in [3.05, 3.63) is 34.7 Å². The van der Waals surface area contributed by atoms with Gasteiger partial charge in [-0.15, -0.1) is 0 Å². The Morgan fingerprint density at radius 2 is 1.92 bits per heavy atom. The van der Waals surface area contributed by atoms with Crippen LogP contribution in [0.4, 0.5) is 0 Å². The Labute approximate surface area is 85.2 Å². The molecule has 13 heavy (non-hydrogen) atoms. The van der Waals surface area contributed by atoms with Gasteiger partial charge >= 0.3 is 84.8 Å². The third-order valence-electron chi connectivity index (χ3n) is 2.29. The molecule has 0 bridgehead atoms. The summed E-state index contributed by atoms with van der Waals surface area (Å²) >= 11 is 3.06. The first-order valence-electron chi connectivity index (χ1n) is 4.15. The fraction of sp³-hybridized carbons (Fsp3) is 0.200. The van der Waals surface area contributed by atoms with E-state index < -0.39 is 0 Å². The quantitative estimate of drug-likeness (QED) is 0.471. The average molecular weight is 238 g/mol. The first kappa shape index (κ1) is 8.67. The average Bonchev–Trinajstić information content (AvgIpc) is 2.40. The number of fused-ring (bicyclic) bond motifs is 1. The van der Waals surface area contributed by atoms with E-state index in [0.717, 1.165) is 4.32 Å². The molecule has 0 spiro atoms. The van der Waals surface area contributed by atoms with Crippen LogP contribution in [0.15, 0.2) is 30.3 Å². The van der Waals surface area contributed by atoms with E-state index in [1.807, 2.05) is 6.07 Å². The Morgan fingerprint density at radius 3 is 2.69 bits per heavy atom. The number of imidazole rings is 1. The van der Waals surface area contributed by atoms with Gasteiger partial charge in [0.2, 0.25) is 0 Å². The molecular weight excluding hydrogens is 227 g/mol. The van der Waals surface area contributed by atoms with Gasteiger partial charge < -0.3 is 0 Å². The van der Waals surface area contributed by atoms with Gasteiger partial charge in [-0.25, -0.2) is 0 Å². The summed E-state index contributed by atoms with van der Waals surface area (Å²) in [7, 11) is 4.13. The van der Waals surface area contributed by atoms with Crippen LogP contribution in [0.1, 0.15) is 0 Å². The molecule has 1 heterocycles. The summed E-state index contributed by atoms with van der Waals surface area (Å²) in [6.45, 7) is 0. The van der Waals surface area contributed by atoms with Crippen molar-refractivity contribution < 1.29 is 4.57 Å². The number of rotatable bonds is 0. The maximum atomic E-state index is 3.06. The van der Waals surface area contributed by atoms with Crippen molar-refractivity contribution in [3.8, 4) is 11.4 Å². The molecule has 0 atom stereocenters. The number of hydrogen-bond acceptors (Lipinski definition) is 0. The summed E-state index contributed by atoms with van der Waals surface area (Å²) in [5.41, 5.74) is 2.47. The fourth-order valence-corrected chi connectivity index (χ4v) is 1.94. The monoisotopic (exact) mass is 239 g/mol. The maximum absolute atomic E-state index is 3.06. The van der Waals surface area contributed by atoms with Crippen molar-refractivity contribution in [2.45, 2.75) is 0 Å². The normalized spacial score (nSPS) is 10.6. The molecule has 0 amide bonds. The number of aromatic nitrogens is 2. The summed E-state index contributed by atoms with van der Waals surface area (Å²) < 4.78 is 5.44. The van der Waals surface area contributed by atoms with Gasteiger partial charge in [-0.1, -0.05) is 0 Å². The standard InChI is InChI=1S/C10H11N2Se/c1-11-8-6-4-3-5-7-9(8)12(2)10(11)13/h3-7H,1-2H3/q+1. The van der Waals surface area contributed by atoms with Gasteiger partial charge in [-0.3, -0.25) is 0 Å². The molecule has 1 aliphatic carbocycles. The molecule has 0 aromatic carbocycles. The molecule has 0 saturated heterocycles. The van der Waals surface area contributed by atoms with Gasteiger partial charge in [0.1, 0.15) is 0 Å². The Morgan fingerprint density at radius 1 is 1.23 bits per heavy atom. The minimum atomic E-state index is 1.14. The van der Waals surface area contributed by atoms with Gasteiger partial charge in [0.25, 0.3) is 0 Å². The summed E-state index contributed by atoms with van der Waals surface area (Å²) in [6.07, 6.45) is 0. The molecule has 1 aliphatic heterocycles. The topological polar surface area (TPSA) is 8.81 Å². The van der Waals surface area contributed by atoms with E-state index in [1.165, 1.54) is 11.4 Å². The Balaban J connectivity index is 2.94. The van der Waals surface area contributed by atoms with Gasteiger partial charge in [0, 0.05) is 0 Å². The van der Waals surface area contributed by atoms with Crippen LogP contribution in [-0.4, -0.2) is 20.1 Å². The SMILES string of the molecule is Cn1c2cccccc-2[n+](C)c1=[Se]. The first-order chi connectivity index (χ1) is 6.22. The molecule has 0 aromatic rings. The van der Waals surface area contributed by atoms with Gasteiger partial charge in [0.15, 0.2) is 0 Å². The Bertz CT molecular complexity index is 433. The zero-order valence-corrected chi connectivity index (χ0v) is 9.40. The van der Waals surface area contributed by atoms with E-state index in [4.69, 9.17) is 0 Å². The van der Waals surface area contributed by atoms with Crippen molar-refractivity contribution in [2.75, 3.05) is 0 Å². The van der Waals surface area contributed by atoms with Crippen molar-refractivity contribution in [1.29, 1.82) is 0 Å². The Hall–Kier alpha value is -0.921. The summed E-state index contributed by atoms with van der Waals surface area (Å²) in [6, 6.07) is 10.4. The Kier molecular flexibility index (Phi) is 2.06. The predicted molar refractivity (Wildman–Crippen MR) is 52.2 cm³/mol. The van der Waals surface area contributed by atoms with E-state index in [0.29, 0.717) is 0 Å². The van der Waals surface area contributed by atoms with Crippen molar-refractivity contribution in [1.82, 2.24) is 4.57 Å². The summed E-state index contributed by atoms with van der Waals surface area (Å²) in [5, 5.41) is 0. The zero-order chi connectivity index (χ0) is 9.42. The second kappa shape index (κ2) is 3.09. The van der Waals surface area contributed by atoms with E-state index >= 15 is 0 Å². The molecule has 0 saturated carbocycles. The van der Waals surface area contributed by atoms with Gasteiger partial charge in [-0.05, 0) is 0 Å². The van der Waals surface area contributed by atoms with Crippen LogP contribution >= 0.6 is 0 Å². The molecule has 2 rings (SSSR count). The van der Waals surface area contributed by atoms with Crippen molar-refractivity contribution in [3.63, 3.8) is 0 Å². The predicted octanol–water partition coefficient (Wildman–Crippen LogP) is 0.655. The first-order valence-corrected chi connectivity index (χ1v) is 5.01. The molecule has 2 nitrogen and oxygen atoms in total. The zero-order valence-electron chi connectivity index (χ0n) is 7.69. The molecule has 0 unspecified atom stereocenters.